The molecule has 1 rings (SSSR count). The number of rotatable bonds is 4. The third kappa shape index (κ3) is 3.81. The molecule has 0 fully saturated rings. The molecule has 0 aliphatic rings. The zero-order valence-corrected chi connectivity index (χ0v) is 8.40. The van der Waals surface area contributed by atoms with Gasteiger partial charge in [0, 0.05) is 6.42 Å². The highest BCUT2D eigenvalue weighted by atomic mass is 16.5. The van der Waals surface area contributed by atoms with Gasteiger partial charge in [-0.25, -0.2) is 4.79 Å². The first-order valence-electron chi connectivity index (χ1n) is 4.52. The maximum Gasteiger partial charge on any atom is 0.407 e. The standard InChI is InChI=1S/C11H12NO3/c1-15-11(14)12-10(8-13)7-9-5-3-2-4-6-9/h2-6,10H,7H2,1H3,(H,12,14)/t10-/m0/s1. The Labute approximate surface area is 88.2 Å². The lowest BCUT2D eigenvalue weighted by molar-refractivity contribution is 0.169. The predicted octanol–water partition coefficient (Wildman–Crippen LogP) is 1.06. The summed E-state index contributed by atoms with van der Waals surface area (Å²) >= 11 is 0. The van der Waals surface area contributed by atoms with Gasteiger partial charge >= 0.3 is 6.09 Å². The van der Waals surface area contributed by atoms with Crippen molar-refractivity contribution in [1.29, 1.82) is 0 Å². The van der Waals surface area contributed by atoms with E-state index in [4.69, 9.17) is 0 Å². The van der Waals surface area contributed by atoms with E-state index in [1.807, 2.05) is 30.3 Å². The van der Waals surface area contributed by atoms with Crippen LogP contribution in [0.3, 0.4) is 0 Å². The fraction of sp³-hybridized carbons (Fsp3) is 0.273. The number of amides is 1. The number of hydrogen-bond donors (Lipinski definition) is 1. The van der Waals surface area contributed by atoms with Gasteiger partial charge in [0.25, 0.3) is 0 Å². The highest BCUT2D eigenvalue weighted by Crippen LogP contribution is 2.01. The summed E-state index contributed by atoms with van der Waals surface area (Å²) in [6.07, 6.45) is 1.54. The van der Waals surface area contributed by atoms with Gasteiger partial charge in [-0.3, -0.25) is 4.79 Å². The Morgan fingerprint density at radius 1 is 1.47 bits per heavy atom. The minimum atomic E-state index is -0.667. The lowest BCUT2D eigenvalue weighted by Crippen LogP contribution is -2.37. The summed E-state index contributed by atoms with van der Waals surface area (Å²) in [6, 6.07) is 8.72. The molecule has 0 unspecified atom stereocenters. The summed E-state index contributed by atoms with van der Waals surface area (Å²) < 4.78 is 4.39. The summed E-state index contributed by atoms with van der Waals surface area (Å²) in [4.78, 5) is 21.4. The smallest absolute Gasteiger partial charge is 0.407 e. The van der Waals surface area contributed by atoms with Crippen LogP contribution >= 0.6 is 0 Å². The Balaban J connectivity index is 2.54. The van der Waals surface area contributed by atoms with Crippen molar-refractivity contribution in [3.05, 3.63) is 35.9 Å². The van der Waals surface area contributed by atoms with Gasteiger partial charge in [0.1, 0.15) is 6.04 Å². The minimum absolute atomic E-state index is 0.416. The van der Waals surface area contributed by atoms with Crippen LogP contribution in [0.25, 0.3) is 0 Å². The Kier molecular flexibility index (Phi) is 4.34. The van der Waals surface area contributed by atoms with Crippen LogP contribution < -0.4 is 5.32 Å². The van der Waals surface area contributed by atoms with Crippen molar-refractivity contribution >= 4 is 12.4 Å². The first-order valence-corrected chi connectivity index (χ1v) is 4.52. The fourth-order valence-electron chi connectivity index (χ4n) is 1.17. The molecule has 0 saturated carbocycles. The van der Waals surface area contributed by atoms with Crippen molar-refractivity contribution in [3.63, 3.8) is 0 Å². The van der Waals surface area contributed by atoms with Crippen molar-refractivity contribution in [2.24, 2.45) is 0 Å². The number of carbonyl (C=O) groups excluding carboxylic acids is 2. The second kappa shape index (κ2) is 5.80. The molecular weight excluding hydrogens is 194 g/mol. The second-order valence-electron chi connectivity index (χ2n) is 3.00. The van der Waals surface area contributed by atoms with Gasteiger partial charge in [0.05, 0.1) is 7.11 Å². The van der Waals surface area contributed by atoms with Crippen LogP contribution in [-0.4, -0.2) is 25.5 Å². The Morgan fingerprint density at radius 2 is 2.13 bits per heavy atom. The monoisotopic (exact) mass is 206 g/mol. The first-order chi connectivity index (χ1) is 7.26. The Bertz CT molecular complexity index is 324. The highest BCUT2D eigenvalue weighted by molar-refractivity contribution is 5.73. The maximum atomic E-state index is 10.9. The number of nitrogens with one attached hydrogen (secondary N) is 1. The predicted molar refractivity (Wildman–Crippen MR) is 55.2 cm³/mol. The number of methoxy groups -OCH3 is 1. The van der Waals surface area contributed by atoms with E-state index < -0.39 is 12.1 Å². The lowest BCUT2D eigenvalue weighted by atomic mass is 10.1. The third-order valence-electron chi connectivity index (χ3n) is 1.90. The van der Waals surface area contributed by atoms with Crippen molar-refractivity contribution in [1.82, 2.24) is 5.32 Å². The molecule has 1 aromatic carbocycles. The molecule has 1 amide bonds. The zero-order valence-electron chi connectivity index (χ0n) is 8.40. The molecule has 0 aromatic heterocycles. The molecule has 4 heteroatoms. The van der Waals surface area contributed by atoms with Gasteiger partial charge in [-0.15, -0.1) is 0 Å². The molecule has 15 heavy (non-hydrogen) atoms. The average molecular weight is 206 g/mol. The van der Waals surface area contributed by atoms with E-state index in [1.165, 1.54) is 7.11 Å². The average Bonchev–Trinajstić information content (AvgIpc) is 2.29. The first kappa shape index (κ1) is 11.2. The van der Waals surface area contributed by atoms with Crippen LogP contribution in [0.4, 0.5) is 4.79 Å². The van der Waals surface area contributed by atoms with E-state index in [-0.39, 0.29) is 0 Å². The van der Waals surface area contributed by atoms with E-state index in [0.29, 0.717) is 6.42 Å². The largest absolute Gasteiger partial charge is 0.453 e. The zero-order chi connectivity index (χ0) is 11.1. The van der Waals surface area contributed by atoms with Crippen molar-refractivity contribution in [2.45, 2.75) is 12.5 Å². The van der Waals surface area contributed by atoms with Crippen molar-refractivity contribution in [3.8, 4) is 0 Å². The third-order valence-corrected chi connectivity index (χ3v) is 1.90. The fourth-order valence-corrected chi connectivity index (χ4v) is 1.17. The minimum Gasteiger partial charge on any atom is -0.453 e. The molecule has 4 nitrogen and oxygen atoms in total. The SMILES string of the molecule is COC(=O)N[C@H]([C]=O)Cc1ccccc1. The number of hydrogen-bond acceptors (Lipinski definition) is 3. The summed E-state index contributed by atoms with van der Waals surface area (Å²) in [7, 11) is 1.25. The van der Waals surface area contributed by atoms with E-state index in [1.54, 1.807) is 6.29 Å². The van der Waals surface area contributed by atoms with Crippen LogP contribution in [0, 0.1) is 0 Å². The molecule has 0 spiro atoms. The van der Waals surface area contributed by atoms with Crippen LogP contribution in [-0.2, 0) is 16.0 Å². The normalized spacial score (nSPS) is 11.5. The number of carbonyl (C=O) groups is 1. The van der Waals surface area contributed by atoms with Crippen molar-refractivity contribution in [2.75, 3.05) is 7.11 Å². The molecule has 0 bridgehead atoms. The summed E-state index contributed by atoms with van der Waals surface area (Å²) in [6.45, 7) is 0. The van der Waals surface area contributed by atoms with E-state index in [9.17, 15) is 9.59 Å². The molecule has 0 saturated heterocycles. The van der Waals surface area contributed by atoms with Gasteiger partial charge in [-0.05, 0) is 5.56 Å². The van der Waals surface area contributed by atoms with Gasteiger partial charge in [0.2, 0.25) is 6.29 Å². The van der Waals surface area contributed by atoms with Crippen LogP contribution in [0.5, 0.6) is 0 Å². The molecule has 0 aliphatic carbocycles. The van der Waals surface area contributed by atoms with Crippen molar-refractivity contribution < 1.29 is 14.3 Å². The molecule has 0 aliphatic heterocycles. The van der Waals surface area contributed by atoms with E-state index in [2.05, 4.69) is 10.1 Å². The number of ether oxygens (including phenoxy) is 1. The van der Waals surface area contributed by atoms with Gasteiger partial charge in [-0.2, -0.15) is 0 Å². The molecule has 0 heterocycles. The molecule has 1 atom stereocenters. The quantitative estimate of drug-likeness (QED) is 0.801. The van der Waals surface area contributed by atoms with Gasteiger partial charge in [-0.1, -0.05) is 30.3 Å². The topological polar surface area (TPSA) is 55.4 Å². The lowest BCUT2D eigenvalue weighted by Gasteiger charge is -2.10. The van der Waals surface area contributed by atoms with Crippen LogP contribution in [0.1, 0.15) is 5.56 Å². The maximum absolute atomic E-state index is 10.9. The summed E-state index contributed by atoms with van der Waals surface area (Å²) in [5.41, 5.74) is 0.960. The van der Waals surface area contributed by atoms with Gasteiger partial charge < -0.3 is 10.1 Å². The molecule has 1 radical (unpaired) electrons. The summed E-state index contributed by atoms with van der Waals surface area (Å²) in [5.74, 6) is 0. The van der Waals surface area contributed by atoms with Crippen LogP contribution in [0.2, 0.25) is 0 Å². The van der Waals surface area contributed by atoms with E-state index in [0.717, 1.165) is 5.56 Å². The number of alkyl carbamates (subject to hydrolysis) is 1. The van der Waals surface area contributed by atoms with E-state index >= 15 is 0 Å². The van der Waals surface area contributed by atoms with Crippen LogP contribution in [0.15, 0.2) is 30.3 Å². The highest BCUT2D eigenvalue weighted by Gasteiger charge is 2.12. The van der Waals surface area contributed by atoms with Gasteiger partial charge in [0.15, 0.2) is 0 Å². The number of benzene rings is 1. The molecular formula is C11H12NO3. The molecule has 79 valence electrons. The molecule has 1 N–H and O–H groups in total. The molecule has 1 aromatic rings. The second-order valence-corrected chi connectivity index (χ2v) is 3.00. The summed E-state index contributed by atoms with van der Waals surface area (Å²) in [5, 5.41) is 2.38. The Morgan fingerprint density at radius 3 is 2.67 bits per heavy atom. The Hall–Kier alpha value is -1.84.